The van der Waals surface area contributed by atoms with Crippen LogP contribution < -0.4 is 5.32 Å². The molecule has 3 aromatic rings. The van der Waals surface area contributed by atoms with Gasteiger partial charge in [0.05, 0.1) is 0 Å². The third-order valence-corrected chi connectivity index (χ3v) is 5.17. The summed E-state index contributed by atoms with van der Waals surface area (Å²) >= 11 is 0.00387. The van der Waals surface area contributed by atoms with E-state index in [0.717, 1.165) is 15.7 Å². The van der Waals surface area contributed by atoms with E-state index in [1.807, 2.05) is 36.4 Å². The van der Waals surface area contributed by atoms with Gasteiger partial charge in [-0.05, 0) is 0 Å². The van der Waals surface area contributed by atoms with Gasteiger partial charge in [-0.3, -0.25) is 0 Å². The van der Waals surface area contributed by atoms with E-state index in [1.54, 1.807) is 12.0 Å². The number of hydrogen-bond acceptors (Lipinski definition) is 4. The van der Waals surface area contributed by atoms with E-state index in [-0.39, 0.29) is 26.5 Å². The van der Waals surface area contributed by atoms with Crippen LogP contribution in [0, 0.1) is 0 Å². The van der Waals surface area contributed by atoms with Gasteiger partial charge in [0.2, 0.25) is 0 Å². The molecule has 4 nitrogen and oxygen atoms in total. The molecular weight excluding hydrogens is 367 g/mol. The first kappa shape index (κ1) is 16.5. The Labute approximate surface area is 147 Å². The van der Waals surface area contributed by atoms with Gasteiger partial charge >= 0.3 is 147 Å². The Morgan fingerprint density at radius 3 is 2.21 bits per heavy atom. The van der Waals surface area contributed by atoms with Crippen LogP contribution in [0.15, 0.2) is 65.7 Å². The van der Waals surface area contributed by atoms with E-state index in [4.69, 9.17) is 4.74 Å². The van der Waals surface area contributed by atoms with Gasteiger partial charge in [-0.1, -0.05) is 0 Å². The van der Waals surface area contributed by atoms with Gasteiger partial charge in [0, 0.05) is 0 Å². The van der Waals surface area contributed by atoms with Gasteiger partial charge in [-0.15, -0.1) is 0 Å². The monoisotopic (exact) mass is 386 g/mol. The van der Waals surface area contributed by atoms with E-state index in [0.29, 0.717) is 12.3 Å². The first-order valence-corrected chi connectivity index (χ1v) is 9.61. The topological polar surface area (TPSA) is 51.2 Å². The van der Waals surface area contributed by atoms with Crippen LogP contribution in [0.2, 0.25) is 0 Å². The minimum absolute atomic E-state index is 0.00387. The predicted molar refractivity (Wildman–Crippen MR) is 95.5 cm³/mol. The number of nitrogens with zero attached hydrogens (tertiary/aromatic N) is 1. The molecule has 0 aliphatic rings. The summed E-state index contributed by atoms with van der Waals surface area (Å²) < 4.78 is 5.97. The molecule has 24 heavy (non-hydrogen) atoms. The zero-order chi connectivity index (χ0) is 16.8. The second-order valence-corrected chi connectivity index (χ2v) is 6.94. The number of rotatable bonds is 6. The maximum absolute atomic E-state index is 12.1. The molecule has 0 saturated carbocycles. The van der Waals surface area contributed by atoms with Crippen molar-refractivity contribution >= 4 is 25.0 Å². The van der Waals surface area contributed by atoms with Gasteiger partial charge in [-0.2, -0.15) is 0 Å². The van der Waals surface area contributed by atoms with Crippen LogP contribution in [0.3, 0.4) is 0 Å². The number of carbonyl (C=O) groups excluding carboxylic acids is 1. The molecule has 0 saturated heterocycles. The summed E-state index contributed by atoms with van der Waals surface area (Å²) in [5, 5.41) is 5.32. The Kier molecular flexibility index (Phi) is 5.47. The number of ether oxygens (including phenoxy) is 1. The summed E-state index contributed by atoms with van der Waals surface area (Å²) in [5.74, 6) is -0.365. The van der Waals surface area contributed by atoms with Crippen molar-refractivity contribution < 1.29 is 9.53 Å². The van der Waals surface area contributed by atoms with Crippen molar-refractivity contribution in [1.82, 2.24) is 4.98 Å². The van der Waals surface area contributed by atoms with Crippen molar-refractivity contribution in [2.24, 2.45) is 0 Å². The van der Waals surface area contributed by atoms with Crippen LogP contribution in [0.4, 0.5) is 4.56 Å². The summed E-state index contributed by atoms with van der Waals surface area (Å²) in [7, 11) is 0. The summed E-state index contributed by atoms with van der Waals surface area (Å²) in [4.78, 5) is 16.3. The number of benzene rings is 2. The van der Waals surface area contributed by atoms with Crippen molar-refractivity contribution in [3.63, 3.8) is 0 Å². The second-order valence-electron chi connectivity index (χ2n) is 5.15. The number of esters is 1. The Balaban J connectivity index is 1.94. The van der Waals surface area contributed by atoms with Crippen molar-refractivity contribution in [2.75, 3.05) is 11.9 Å². The zero-order valence-electron chi connectivity index (χ0n) is 13.3. The van der Waals surface area contributed by atoms with E-state index in [9.17, 15) is 4.79 Å². The quantitative estimate of drug-likeness (QED) is 0.521. The average Bonchev–Trinajstić information content (AvgIpc) is 3.10. The normalized spacial score (nSPS) is 10.6. The molecule has 0 amide bonds. The first-order chi connectivity index (χ1) is 11.8. The molecule has 3 rings (SSSR count). The molecule has 0 fully saturated rings. The van der Waals surface area contributed by atoms with E-state index >= 15 is 0 Å². The van der Waals surface area contributed by atoms with Crippen LogP contribution in [0.25, 0.3) is 0 Å². The Morgan fingerprint density at radius 1 is 1.08 bits per heavy atom. The van der Waals surface area contributed by atoms with Gasteiger partial charge < -0.3 is 0 Å². The van der Waals surface area contributed by atoms with Crippen LogP contribution in [0.5, 0.6) is 0 Å². The van der Waals surface area contributed by atoms with Gasteiger partial charge in [-0.25, -0.2) is 0 Å². The zero-order valence-corrected chi connectivity index (χ0v) is 15.0. The Bertz CT molecular complexity index is 748. The molecule has 0 aliphatic carbocycles. The Morgan fingerprint density at radius 2 is 1.67 bits per heavy atom. The number of hydrogen-bond donors (Lipinski definition) is 1. The van der Waals surface area contributed by atoms with E-state index < -0.39 is 0 Å². The molecule has 122 valence electrons. The van der Waals surface area contributed by atoms with Crippen molar-refractivity contribution in [1.29, 1.82) is 0 Å². The van der Waals surface area contributed by atoms with Crippen molar-refractivity contribution in [3.8, 4) is 0 Å². The van der Waals surface area contributed by atoms with E-state index in [1.165, 1.54) is 0 Å². The standard InChI is InChI=1S/C19H18N2O2Se/c1-2-23-19(22)17-18(24-13-20-17)21-16(14-9-5-3-6-10-14)15-11-7-4-8-12-15/h3-13,16,21H,2H2,1H3. The average molecular weight is 385 g/mol. The molecule has 0 aliphatic heterocycles. The molecule has 2 aromatic carbocycles. The molecule has 0 unspecified atom stereocenters. The molecule has 0 radical (unpaired) electrons. The van der Waals surface area contributed by atoms with Crippen molar-refractivity contribution in [2.45, 2.75) is 13.0 Å². The Hall–Kier alpha value is -2.36. The summed E-state index contributed by atoms with van der Waals surface area (Å²) in [6.45, 7) is 2.14. The van der Waals surface area contributed by atoms with Crippen LogP contribution >= 0.6 is 0 Å². The molecule has 1 aromatic heterocycles. The third kappa shape index (κ3) is 3.75. The fourth-order valence-corrected chi connectivity index (χ4v) is 3.94. The third-order valence-electron chi connectivity index (χ3n) is 3.58. The molecule has 5 heteroatoms. The molecular formula is C19H18N2O2Se. The molecule has 1 N–H and O–H groups in total. The number of nitrogens with one attached hydrogen (secondary N) is 1. The van der Waals surface area contributed by atoms with Crippen molar-refractivity contribution in [3.05, 3.63) is 82.6 Å². The SMILES string of the molecule is CCOC(=O)c1nc[se]c1NC(c1ccccc1)c1ccccc1. The molecule has 0 bridgehead atoms. The van der Waals surface area contributed by atoms with Gasteiger partial charge in [0.25, 0.3) is 0 Å². The van der Waals surface area contributed by atoms with Crippen LogP contribution in [-0.4, -0.2) is 32.1 Å². The summed E-state index contributed by atoms with van der Waals surface area (Å²) in [5.41, 5.74) is 2.68. The van der Waals surface area contributed by atoms with Gasteiger partial charge in [0.1, 0.15) is 0 Å². The van der Waals surface area contributed by atoms with Gasteiger partial charge in [0.15, 0.2) is 0 Å². The minimum atomic E-state index is -0.365. The number of anilines is 1. The molecule has 1 heterocycles. The summed E-state index contributed by atoms with van der Waals surface area (Å²) in [6, 6.07) is 20.4. The number of carbonyl (C=O) groups is 1. The molecule has 0 atom stereocenters. The maximum atomic E-state index is 12.1. The predicted octanol–water partition coefficient (Wildman–Crippen LogP) is 3.52. The van der Waals surface area contributed by atoms with Crippen LogP contribution in [0.1, 0.15) is 34.6 Å². The second kappa shape index (κ2) is 7.95. The fraction of sp³-hybridized carbons (Fsp3) is 0.158. The number of aromatic nitrogens is 1. The van der Waals surface area contributed by atoms with Crippen LogP contribution in [-0.2, 0) is 4.74 Å². The van der Waals surface area contributed by atoms with E-state index in [2.05, 4.69) is 34.6 Å². The first-order valence-electron chi connectivity index (χ1n) is 7.76. The summed E-state index contributed by atoms with van der Waals surface area (Å²) in [6.07, 6.45) is 0. The molecule has 0 spiro atoms. The fourth-order valence-electron chi connectivity index (χ4n) is 2.47.